The van der Waals surface area contributed by atoms with Crippen LogP contribution < -0.4 is 4.74 Å². The Kier molecular flexibility index (Phi) is 2.62. The molecule has 2 aromatic rings. The minimum Gasteiger partial charge on any atom is -0.490 e. The Labute approximate surface area is 96.0 Å². The van der Waals surface area contributed by atoms with Crippen LogP contribution in [-0.4, -0.2) is 16.3 Å². The van der Waals surface area contributed by atoms with E-state index in [9.17, 15) is 0 Å². The average Bonchev–Trinajstić information content (AvgIpc) is 2.48. The molecular formula is C10H11IN2O. The highest BCUT2D eigenvalue weighted by molar-refractivity contribution is 14.1. The van der Waals surface area contributed by atoms with Crippen LogP contribution in [0.2, 0.25) is 0 Å². The number of aromatic nitrogens is 2. The number of aromatic amines is 1. The van der Waals surface area contributed by atoms with Crippen LogP contribution in [0.5, 0.6) is 5.75 Å². The number of nitrogens with one attached hydrogen (secondary N) is 1. The summed E-state index contributed by atoms with van der Waals surface area (Å²) in [6.07, 6.45) is 0.186. The normalized spacial score (nSPS) is 11.1. The van der Waals surface area contributed by atoms with Crippen LogP contribution in [0.3, 0.4) is 0 Å². The van der Waals surface area contributed by atoms with E-state index in [0.29, 0.717) is 0 Å². The first-order valence-electron chi connectivity index (χ1n) is 4.47. The third-order valence-electron chi connectivity index (χ3n) is 1.87. The summed E-state index contributed by atoms with van der Waals surface area (Å²) in [6, 6.07) is 5.94. The van der Waals surface area contributed by atoms with Gasteiger partial charge >= 0.3 is 0 Å². The monoisotopic (exact) mass is 302 g/mol. The highest BCUT2D eigenvalue weighted by Crippen LogP contribution is 2.28. The van der Waals surface area contributed by atoms with E-state index in [1.807, 2.05) is 32.0 Å². The fourth-order valence-corrected chi connectivity index (χ4v) is 2.03. The Morgan fingerprint density at radius 2 is 2.21 bits per heavy atom. The van der Waals surface area contributed by atoms with Crippen molar-refractivity contribution in [3.8, 4) is 5.75 Å². The fraction of sp³-hybridized carbons (Fsp3) is 0.300. The Balaban J connectivity index is 2.57. The lowest BCUT2D eigenvalue weighted by atomic mass is 10.2. The largest absolute Gasteiger partial charge is 0.490 e. The van der Waals surface area contributed by atoms with E-state index >= 15 is 0 Å². The molecule has 74 valence electrons. The third kappa shape index (κ3) is 1.70. The molecule has 1 aromatic heterocycles. The highest BCUT2D eigenvalue weighted by atomic mass is 127. The van der Waals surface area contributed by atoms with Crippen LogP contribution in [0, 0.1) is 3.70 Å². The molecule has 3 nitrogen and oxygen atoms in total. The maximum absolute atomic E-state index is 5.70. The molecule has 0 aliphatic heterocycles. The van der Waals surface area contributed by atoms with Gasteiger partial charge in [-0.3, -0.25) is 5.10 Å². The molecule has 2 rings (SSSR count). The molecule has 1 aromatic carbocycles. The van der Waals surface area contributed by atoms with E-state index < -0.39 is 0 Å². The van der Waals surface area contributed by atoms with Crippen molar-refractivity contribution < 1.29 is 4.74 Å². The summed E-state index contributed by atoms with van der Waals surface area (Å²) in [4.78, 5) is 0. The number of rotatable bonds is 2. The van der Waals surface area contributed by atoms with Gasteiger partial charge in [0.25, 0.3) is 0 Å². The van der Waals surface area contributed by atoms with Crippen molar-refractivity contribution in [1.29, 1.82) is 0 Å². The zero-order valence-corrected chi connectivity index (χ0v) is 10.2. The number of halogens is 1. The second kappa shape index (κ2) is 3.76. The molecule has 0 saturated carbocycles. The lowest BCUT2D eigenvalue weighted by molar-refractivity contribution is 0.245. The zero-order chi connectivity index (χ0) is 10.1. The summed E-state index contributed by atoms with van der Waals surface area (Å²) in [5.41, 5.74) is 1.02. The van der Waals surface area contributed by atoms with E-state index in [0.717, 1.165) is 20.4 Å². The smallest absolute Gasteiger partial charge is 0.134 e. The van der Waals surface area contributed by atoms with Crippen LogP contribution >= 0.6 is 22.6 Å². The highest BCUT2D eigenvalue weighted by Gasteiger charge is 2.09. The number of ether oxygens (including phenoxy) is 1. The summed E-state index contributed by atoms with van der Waals surface area (Å²) < 4.78 is 6.65. The maximum atomic E-state index is 5.70. The number of fused-ring (bicyclic) bond motifs is 1. The van der Waals surface area contributed by atoms with Gasteiger partial charge in [0.05, 0.1) is 17.0 Å². The quantitative estimate of drug-likeness (QED) is 0.866. The van der Waals surface area contributed by atoms with Gasteiger partial charge in [-0.05, 0) is 48.6 Å². The molecule has 0 saturated heterocycles. The second-order valence-electron chi connectivity index (χ2n) is 3.36. The van der Waals surface area contributed by atoms with Crippen LogP contribution in [-0.2, 0) is 0 Å². The van der Waals surface area contributed by atoms with Crippen molar-refractivity contribution in [2.45, 2.75) is 20.0 Å². The standard InChI is InChI=1S/C10H11IN2O/c1-6(2)14-8-5-3-4-7-9(8)10(11)13-12-7/h3-6H,1-2H3,(H,12,13). The molecule has 0 radical (unpaired) electrons. The topological polar surface area (TPSA) is 37.9 Å². The van der Waals surface area contributed by atoms with Crippen molar-refractivity contribution in [3.63, 3.8) is 0 Å². The van der Waals surface area contributed by atoms with E-state index in [1.165, 1.54) is 0 Å². The van der Waals surface area contributed by atoms with Crippen LogP contribution in [0.4, 0.5) is 0 Å². The molecule has 4 heteroatoms. The van der Waals surface area contributed by atoms with E-state index in [4.69, 9.17) is 4.74 Å². The van der Waals surface area contributed by atoms with Gasteiger partial charge in [0.15, 0.2) is 0 Å². The first-order chi connectivity index (χ1) is 6.68. The van der Waals surface area contributed by atoms with Crippen LogP contribution in [0.25, 0.3) is 10.9 Å². The number of nitrogens with zero attached hydrogens (tertiary/aromatic N) is 1. The van der Waals surface area contributed by atoms with Gasteiger partial charge in [-0.1, -0.05) is 6.07 Å². The molecule has 1 N–H and O–H groups in total. The minimum absolute atomic E-state index is 0.186. The Morgan fingerprint density at radius 1 is 1.43 bits per heavy atom. The predicted molar refractivity (Wildman–Crippen MR) is 64.6 cm³/mol. The molecule has 0 amide bonds. The van der Waals surface area contributed by atoms with Gasteiger partial charge < -0.3 is 4.74 Å². The average molecular weight is 302 g/mol. The number of benzene rings is 1. The van der Waals surface area contributed by atoms with Gasteiger partial charge in [-0.2, -0.15) is 5.10 Å². The molecule has 1 heterocycles. The molecule has 0 unspecified atom stereocenters. The van der Waals surface area contributed by atoms with E-state index in [-0.39, 0.29) is 6.10 Å². The van der Waals surface area contributed by atoms with E-state index in [2.05, 4.69) is 32.8 Å². The first kappa shape index (κ1) is 9.76. The number of hydrogen-bond acceptors (Lipinski definition) is 2. The SMILES string of the molecule is CC(C)Oc1cccc2[nH]nc(I)c12. The van der Waals surface area contributed by atoms with Gasteiger partial charge in [-0.15, -0.1) is 0 Å². The zero-order valence-electron chi connectivity index (χ0n) is 8.04. The van der Waals surface area contributed by atoms with Crippen molar-refractivity contribution in [1.82, 2.24) is 10.2 Å². The summed E-state index contributed by atoms with van der Waals surface area (Å²) in [6.45, 7) is 4.04. The lowest BCUT2D eigenvalue weighted by Crippen LogP contribution is -2.05. The fourth-order valence-electron chi connectivity index (χ4n) is 1.35. The van der Waals surface area contributed by atoms with Gasteiger partial charge in [0.2, 0.25) is 0 Å². The molecule has 14 heavy (non-hydrogen) atoms. The molecule has 0 spiro atoms. The maximum Gasteiger partial charge on any atom is 0.134 e. The number of H-pyrrole nitrogens is 1. The molecule has 0 aliphatic rings. The summed E-state index contributed by atoms with van der Waals surface area (Å²) in [7, 11) is 0. The predicted octanol–water partition coefficient (Wildman–Crippen LogP) is 2.95. The van der Waals surface area contributed by atoms with Crippen molar-refractivity contribution in [3.05, 3.63) is 21.9 Å². The van der Waals surface area contributed by atoms with Crippen LogP contribution in [0.1, 0.15) is 13.8 Å². The third-order valence-corrected chi connectivity index (χ3v) is 2.65. The Hall–Kier alpha value is -0.780. The first-order valence-corrected chi connectivity index (χ1v) is 5.55. The lowest BCUT2D eigenvalue weighted by Gasteiger charge is -2.10. The van der Waals surface area contributed by atoms with Gasteiger partial charge in [0, 0.05) is 0 Å². The second-order valence-corrected chi connectivity index (χ2v) is 4.38. The Bertz CT molecular complexity index is 450. The molecule has 0 fully saturated rings. The van der Waals surface area contributed by atoms with Crippen LogP contribution in [0.15, 0.2) is 18.2 Å². The Morgan fingerprint density at radius 3 is 2.93 bits per heavy atom. The molecule has 0 atom stereocenters. The summed E-state index contributed by atoms with van der Waals surface area (Å²) in [5.74, 6) is 0.899. The van der Waals surface area contributed by atoms with Crippen molar-refractivity contribution in [2.75, 3.05) is 0 Å². The van der Waals surface area contributed by atoms with E-state index in [1.54, 1.807) is 0 Å². The van der Waals surface area contributed by atoms with Crippen molar-refractivity contribution >= 4 is 33.5 Å². The molecule has 0 aliphatic carbocycles. The summed E-state index contributed by atoms with van der Waals surface area (Å²) in [5, 5.41) is 8.18. The number of hydrogen-bond donors (Lipinski definition) is 1. The molecule has 0 bridgehead atoms. The minimum atomic E-state index is 0.186. The van der Waals surface area contributed by atoms with Gasteiger partial charge in [0.1, 0.15) is 9.45 Å². The van der Waals surface area contributed by atoms with Gasteiger partial charge in [-0.25, -0.2) is 0 Å². The van der Waals surface area contributed by atoms with Crippen molar-refractivity contribution in [2.24, 2.45) is 0 Å². The summed E-state index contributed by atoms with van der Waals surface area (Å²) >= 11 is 2.20. The molecular weight excluding hydrogens is 291 g/mol.